The van der Waals surface area contributed by atoms with Gasteiger partial charge in [0.2, 0.25) is 0 Å². The average Bonchev–Trinajstić information content (AvgIpc) is 2.76. The summed E-state index contributed by atoms with van der Waals surface area (Å²) in [5.74, 6) is 1.17. The zero-order chi connectivity index (χ0) is 20.5. The molecule has 3 nitrogen and oxygen atoms in total. The quantitative estimate of drug-likeness (QED) is 0.492. The molecule has 3 aromatic carbocycles. The molecule has 0 spiro atoms. The molecule has 152 valence electrons. The monoisotopic (exact) mass is 393 g/mol. The van der Waals surface area contributed by atoms with Crippen molar-refractivity contribution in [3.05, 3.63) is 95.3 Å². The van der Waals surface area contributed by atoms with E-state index in [1.54, 1.807) is 19.2 Å². The van der Waals surface area contributed by atoms with Crippen LogP contribution in [0.15, 0.2) is 72.8 Å². The standard InChI is InChI=1S/C25H28FNO2/c1-19(11-12-20-7-4-3-5-8-20)27-17-22-9-6-10-24(28-2)25(22)29-18-21-13-15-23(26)16-14-21/h3-10,13-16,19,27H,11-12,17-18H2,1-2H3/t19-/m0/s1. The van der Waals surface area contributed by atoms with Gasteiger partial charge in [0.05, 0.1) is 7.11 Å². The lowest BCUT2D eigenvalue weighted by molar-refractivity contribution is 0.280. The molecular weight excluding hydrogens is 365 g/mol. The van der Waals surface area contributed by atoms with E-state index < -0.39 is 0 Å². The van der Waals surface area contributed by atoms with E-state index in [4.69, 9.17) is 9.47 Å². The van der Waals surface area contributed by atoms with Gasteiger partial charge in [-0.15, -0.1) is 0 Å². The van der Waals surface area contributed by atoms with Crippen LogP contribution >= 0.6 is 0 Å². The van der Waals surface area contributed by atoms with E-state index in [0.29, 0.717) is 24.9 Å². The number of para-hydroxylation sites is 1. The summed E-state index contributed by atoms with van der Waals surface area (Å²) in [6, 6.07) is 23.1. The molecule has 0 aliphatic carbocycles. The Balaban J connectivity index is 1.60. The summed E-state index contributed by atoms with van der Waals surface area (Å²) >= 11 is 0. The van der Waals surface area contributed by atoms with Crippen LogP contribution < -0.4 is 14.8 Å². The second kappa shape index (κ2) is 10.6. The van der Waals surface area contributed by atoms with Crippen molar-refractivity contribution in [1.82, 2.24) is 5.32 Å². The highest BCUT2D eigenvalue weighted by molar-refractivity contribution is 5.46. The van der Waals surface area contributed by atoms with Crippen molar-refractivity contribution in [2.24, 2.45) is 0 Å². The number of hydrogen-bond acceptors (Lipinski definition) is 3. The van der Waals surface area contributed by atoms with E-state index in [-0.39, 0.29) is 5.82 Å². The van der Waals surface area contributed by atoms with Crippen molar-refractivity contribution in [3.63, 3.8) is 0 Å². The molecule has 0 aromatic heterocycles. The fourth-order valence-electron chi connectivity index (χ4n) is 3.18. The normalized spacial score (nSPS) is 11.8. The van der Waals surface area contributed by atoms with Gasteiger partial charge in [-0.1, -0.05) is 54.6 Å². The van der Waals surface area contributed by atoms with E-state index in [1.807, 2.05) is 24.3 Å². The maximum atomic E-state index is 13.1. The third-order valence-electron chi connectivity index (χ3n) is 4.93. The molecule has 1 N–H and O–H groups in total. The zero-order valence-electron chi connectivity index (χ0n) is 17.0. The molecule has 0 unspecified atom stereocenters. The van der Waals surface area contributed by atoms with Gasteiger partial charge in [0, 0.05) is 18.2 Å². The van der Waals surface area contributed by atoms with Crippen LogP contribution in [-0.4, -0.2) is 13.2 Å². The van der Waals surface area contributed by atoms with Gasteiger partial charge < -0.3 is 14.8 Å². The molecule has 0 radical (unpaired) electrons. The van der Waals surface area contributed by atoms with Crippen molar-refractivity contribution >= 4 is 0 Å². The lowest BCUT2D eigenvalue weighted by atomic mass is 10.1. The molecule has 3 rings (SSSR count). The molecular formula is C25H28FNO2. The number of benzene rings is 3. The van der Waals surface area contributed by atoms with E-state index in [9.17, 15) is 4.39 Å². The molecule has 0 aliphatic rings. The first-order chi connectivity index (χ1) is 14.2. The minimum absolute atomic E-state index is 0.250. The molecule has 0 saturated heterocycles. The Morgan fingerprint density at radius 1 is 0.897 bits per heavy atom. The molecule has 0 bridgehead atoms. The van der Waals surface area contributed by atoms with Crippen LogP contribution in [0, 0.1) is 5.82 Å². The maximum absolute atomic E-state index is 13.1. The Bertz CT molecular complexity index is 881. The molecule has 1 atom stereocenters. The largest absolute Gasteiger partial charge is 0.493 e. The van der Waals surface area contributed by atoms with Crippen molar-refractivity contribution in [2.45, 2.75) is 39.0 Å². The molecule has 0 amide bonds. The number of halogens is 1. The lowest BCUT2D eigenvalue weighted by Crippen LogP contribution is -2.26. The number of rotatable bonds is 10. The first-order valence-corrected chi connectivity index (χ1v) is 9.96. The van der Waals surface area contributed by atoms with Crippen LogP contribution in [0.25, 0.3) is 0 Å². The Morgan fingerprint density at radius 3 is 2.38 bits per heavy atom. The van der Waals surface area contributed by atoms with Gasteiger partial charge in [0.1, 0.15) is 12.4 Å². The smallest absolute Gasteiger partial charge is 0.166 e. The lowest BCUT2D eigenvalue weighted by Gasteiger charge is -2.18. The molecule has 0 saturated carbocycles. The second-order valence-corrected chi connectivity index (χ2v) is 7.17. The highest BCUT2D eigenvalue weighted by Gasteiger charge is 2.12. The number of methoxy groups -OCH3 is 1. The van der Waals surface area contributed by atoms with Gasteiger partial charge in [-0.05, 0) is 49.1 Å². The summed E-state index contributed by atoms with van der Waals surface area (Å²) in [5, 5.41) is 3.58. The van der Waals surface area contributed by atoms with Crippen LogP contribution in [0.2, 0.25) is 0 Å². The van der Waals surface area contributed by atoms with Crippen LogP contribution in [0.3, 0.4) is 0 Å². The summed E-state index contributed by atoms with van der Waals surface area (Å²) in [6.45, 7) is 3.24. The molecule has 29 heavy (non-hydrogen) atoms. The van der Waals surface area contributed by atoms with Gasteiger partial charge in [-0.2, -0.15) is 0 Å². The topological polar surface area (TPSA) is 30.5 Å². The Morgan fingerprint density at radius 2 is 1.66 bits per heavy atom. The van der Waals surface area contributed by atoms with Crippen molar-refractivity contribution in [3.8, 4) is 11.5 Å². The highest BCUT2D eigenvalue weighted by atomic mass is 19.1. The van der Waals surface area contributed by atoms with E-state index >= 15 is 0 Å². The SMILES string of the molecule is COc1cccc(CN[C@@H](C)CCc2ccccc2)c1OCc1ccc(F)cc1. The summed E-state index contributed by atoms with van der Waals surface area (Å²) in [6.07, 6.45) is 2.10. The summed E-state index contributed by atoms with van der Waals surface area (Å²) < 4.78 is 24.7. The van der Waals surface area contributed by atoms with Crippen molar-refractivity contribution in [1.29, 1.82) is 0 Å². The van der Waals surface area contributed by atoms with Gasteiger partial charge in [-0.25, -0.2) is 4.39 Å². The van der Waals surface area contributed by atoms with E-state index in [1.165, 1.54) is 17.7 Å². The van der Waals surface area contributed by atoms with Crippen LogP contribution in [0.1, 0.15) is 30.0 Å². The maximum Gasteiger partial charge on any atom is 0.166 e. The zero-order valence-corrected chi connectivity index (χ0v) is 17.0. The van der Waals surface area contributed by atoms with Crippen molar-refractivity contribution < 1.29 is 13.9 Å². The Hall–Kier alpha value is -2.85. The fraction of sp³-hybridized carbons (Fsp3) is 0.280. The average molecular weight is 394 g/mol. The van der Waals surface area contributed by atoms with Crippen molar-refractivity contribution in [2.75, 3.05) is 7.11 Å². The first-order valence-electron chi connectivity index (χ1n) is 9.96. The number of aryl methyl sites for hydroxylation is 1. The Kier molecular flexibility index (Phi) is 7.65. The first kappa shape index (κ1) is 20.9. The molecule has 3 aromatic rings. The summed E-state index contributed by atoms with van der Waals surface area (Å²) in [7, 11) is 1.64. The number of hydrogen-bond donors (Lipinski definition) is 1. The predicted molar refractivity (Wildman–Crippen MR) is 115 cm³/mol. The minimum Gasteiger partial charge on any atom is -0.493 e. The third kappa shape index (κ3) is 6.33. The van der Waals surface area contributed by atoms with Crippen LogP contribution in [0.4, 0.5) is 4.39 Å². The van der Waals surface area contributed by atoms with Gasteiger partial charge in [0.25, 0.3) is 0 Å². The highest BCUT2D eigenvalue weighted by Crippen LogP contribution is 2.32. The number of ether oxygens (including phenoxy) is 2. The minimum atomic E-state index is -0.250. The predicted octanol–water partition coefficient (Wildman–Crippen LogP) is 5.52. The van der Waals surface area contributed by atoms with Gasteiger partial charge in [0.15, 0.2) is 11.5 Å². The van der Waals surface area contributed by atoms with Crippen LogP contribution in [-0.2, 0) is 19.6 Å². The van der Waals surface area contributed by atoms with E-state index in [2.05, 4.69) is 36.5 Å². The molecule has 0 aliphatic heterocycles. The second-order valence-electron chi connectivity index (χ2n) is 7.17. The van der Waals surface area contributed by atoms with Crippen LogP contribution in [0.5, 0.6) is 11.5 Å². The Labute approximate surface area is 172 Å². The van der Waals surface area contributed by atoms with Gasteiger partial charge >= 0.3 is 0 Å². The molecule has 0 fully saturated rings. The molecule has 4 heteroatoms. The summed E-state index contributed by atoms with van der Waals surface area (Å²) in [5.41, 5.74) is 3.30. The van der Waals surface area contributed by atoms with Gasteiger partial charge in [-0.3, -0.25) is 0 Å². The third-order valence-corrected chi connectivity index (χ3v) is 4.93. The van der Waals surface area contributed by atoms with E-state index in [0.717, 1.165) is 29.7 Å². The fourth-order valence-corrected chi connectivity index (χ4v) is 3.18. The summed E-state index contributed by atoms with van der Waals surface area (Å²) in [4.78, 5) is 0. The number of nitrogens with one attached hydrogen (secondary N) is 1. The molecule has 0 heterocycles.